The number of hydrogen-bond donors (Lipinski definition) is 2. The number of halogens is 2. The molecule has 1 aromatic carbocycles. The number of anilines is 1. The van der Waals surface area contributed by atoms with Crippen molar-refractivity contribution < 1.29 is 13.6 Å². The molecule has 0 spiro atoms. The van der Waals surface area contributed by atoms with E-state index >= 15 is 0 Å². The lowest BCUT2D eigenvalue weighted by molar-refractivity contribution is 0.0946. The molecule has 104 valence electrons. The van der Waals surface area contributed by atoms with Gasteiger partial charge in [0.2, 0.25) is 0 Å². The van der Waals surface area contributed by atoms with Crippen LogP contribution in [0.5, 0.6) is 0 Å². The number of rotatable bonds is 4. The molecule has 2 rings (SSSR count). The van der Waals surface area contributed by atoms with Crippen molar-refractivity contribution in [2.24, 2.45) is 5.92 Å². The number of amides is 1. The van der Waals surface area contributed by atoms with Crippen LogP contribution < -0.4 is 10.6 Å². The molecule has 3 nitrogen and oxygen atoms in total. The highest BCUT2D eigenvalue weighted by atomic mass is 19.1. The lowest BCUT2D eigenvalue weighted by atomic mass is 10.1. The molecule has 1 aliphatic carbocycles. The molecule has 5 heteroatoms. The van der Waals surface area contributed by atoms with Crippen molar-refractivity contribution >= 4 is 11.6 Å². The van der Waals surface area contributed by atoms with Crippen molar-refractivity contribution in [3.63, 3.8) is 0 Å². The largest absolute Gasteiger partial charge is 0.383 e. The summed E-state index contributed by atoms with van der Waals surface area (Å²) < 4.78 is 27.1. The lowest BCUT2D eigenvalue weighted by Gasteiger charge is -2.11. The maximum absolute atomic E-state index is 13.5. The topological polar surface area (TPSA) is 41.1 Å². The smallest absolute Gasteiger partial charge is 0.251 e. The molecule has 0 radical (unpaired) electrons. The second-order valence-electron chi connectivity index (χ2n) is 4.93. The van der Waals surface area contributed by atoms with E-state index in [2.05, 4.69) is 10.6 Å². The molecule has 0 heterocycles. The van der Waals surface area contributed by atoms with Crippen LogP contribution in [0.3, 0.4) is 0 Å². The van der Waals surface area contributed by atoms with E-state index < -0.39 is 17.5 Å². The Labute approximate surface area is 111 Å². The van der Waals surface area contributed by atoms with Crippen LogP contribution in [-0.2, 0) is 0 Å². The standard InChI is InChI=1S/C14H18F2N2O/c1-17-13-11(15)6-10(7-12(13)16)14(19)18-8-9-4-2-3-5-9/h6-7,9,17H,2-5,8H2,1H3,(H,18,19). The van der Waals surface area contributed by atoms with Crippen LogP contribution in [0, 0.1) is 17.6 Å². The molecule has 0 atom stereocenters. The summed E-state index contributed by atoms with van der Waals surface area (Å²) in [4.78, 5) is 11.8. The summed E-state index contributed by atoms with van der Waals surface area (Å²) in [6, 6.07) is 2.11. The Balaban J connectivity index is 2.02. The zero-order valence-electron chi connectivity index (χ0n) is 10.9. The normalized spacial score (nSPS) is 15.5. The third kappa shape index (κ3) is 3.22. The zero-order valence-corrected chi connectivity index (χ0v) is 10.9. The van der Waals surface area contributed by atoms with Gasteiger partial charge in [0, 0.05) is 19.2 Å². The average Bonchev–Trinajstić information content (AvgIpc) is 2.88. The molecule has 1 aromatic rings. The quantitative estimate of drug-likeness (QED) is 0.881. The summed E-state index contributed by atoms with van der Waals surface area (Å²) in [5, 5.41) is 5.16. The minimum atomic E-state index is -0.756. The van der Waals surface area contributed by atoms with Gasteiger partial charge in [0.05, 0.1) is 0 Å². The molecular formula is C14H18F2N2O. The van der Waals surface area contributed by atoms with Crippen LogP contribution in [0.25, 0.3) is 0 Å². The summed E-state index contributed by atoms with van der Waals surface area (Å²) in [6.45, 7) is 0.579. The van der Waals surface area contributed by atoms with Crippen molar-refractivity contribution in [2.75, 3.05) is 18.9 Å². The third-order valence-electron chi connectivity index (χ3n) is 3.58. The van der Waals surface area contributed by atoms with E-state index in [0.29, 0.717) is 12.5 Å². The van der Waals surface area contributed by atoms with Crippen LogP contribution in [0.1, 0.15) is 36.0 Å². The average molecular weight is 268 g/mol. The van der Waals surface area contributed by atoms with Gasteiger partial charge in [0.1, 0.15) is 17.3 Å². The SMILES string of the molecule is CNc1c(F)cc(C(=O)NCC2CCCC2)cc1F. The fraction of sp³-hybridized carbons (Fsp3) is 0.500. The molecule has 0 unspecified atom stereocenters. The van der Waals surface area contributed by atoms with Gasteiger partial charge in [-0.1, -0.05) is 12.8 Å². The minimum absolute atomic E-state index is 0.0204. The molecule has 1 aliphatic rings. The Morgan fingerprint density at radius 3 is 2.37 bits per heavy atom. The predicted molar refractivity (Wildman–Crippen MR) is 70.2 cm³/mol. The molecule has 0 saturated heterocycles. The Hall–Kier alpha value is -1.65. The van der Waals surface area contributed by atoms with E-state index in [-0.39, 0.29) is 11.3 Å². The van der Waals surface area contributed by atoms with Crippen LogP contribution in [0.2, 0.25) is 0 Å². The van der Waals surface area contributed by atoms with Crippen molar-refractivity contribution in [3.05, 3.63) is 29.3 Å². The summed E-state index contributed by atoms with van der Waals surface area (Å²) >= 11 is 0. The van der Waals surface area contributed by atoms with Gasteiger partial charge in [-0.25, -0.2) is 8.78 Å². The zero-order chi connectivity index (χ0) is 13.8. The number of nitrogens with one attached hydrogen (secondary N) is 2. The van der Waals surface area contributed by atoms with Gasteiger partial charge >= 0.3 is 0 Å². The summed E-state index contributed by atoms with van der Waals surface area (Å²) in [5.41, 5.74) is -0.195. The summed E-state index contributed by atoms with van der Waals surface area (Å²) in [5.74, 6) is -1.44. The van der Waals surface area contributed by atoms with Crippen molar-refractivity contribution in [1.82, 2.24) is 5.32 Å². The van der Waals surface area contributed by atoms with Gasteiger partial charge < -0.3 is 10.6 Å². The van der Waals surface area contributed by atoms with Gasteiger partial charge in [-0.2, -0.15) is 0 Å². The number of benzene rings is 1. The number of carbonyl (C=O) groups excluding carboxylic acids is 1. The summed E-state index contributed by atoms with van der Waals surface area (Å²) in [6.07, 6.45) is 4.62. The Morgan fingerprint density at radius 1 is 1.26 bits per heavy atom. The van der Waals surface area contributed by atoms with E-state index in [1.165, 1.54) is 19.9 Å². The van der Waals surface area contributed by atoms with E-state index in [9.17, 15) is 13.6 Å². The van der Waals surface area contributed by atoms with E-state index in [1.807, 2.05) is 0 Å². The number of hydrogen-bond acceptors (Lipinski definition) is 2. The second kappa shape index (κ2) is 5.99. The predicted octanol–water partition coefficient (Wildman–Crippen LogP) is 2.93. The molecule has 1 fully saturated rings. The van der Waals surface area contributed by atoms with E-state index in [4.69, 9.17) is 0 Å². The highest BCUT2D eigenvalue weighted by Crippen LogP contribution is 2.24. The maximum atomic E-state index is 13.5. The van der Waals surface area contributed by atoms with Gasteiger partial charge in [-0.3, -0.25) is 4.79 Å². The molecule has 0 aromatic heterocycles. The molecule has 19 heavy (non-hydrogen) atoms. The van der Waals surface area contributed by atoms with Gasteiger partial charge in [0.25, 0.3) is 5.91 Å². The first-order valence-corrected chi connectivity index (χ1v) is 6.57. The highest BCUT2D eigenvalue weighted by Gasteiger charge is 2.18. The minimum Gasteiger partial charge on any atom is -0.383 e. The van der Waals surface area contributed by atoms with Crippen LogP contribution in [-0.4, -0.2) is 19.5 Å². The van der Waals surface area contributed by atoms with Crippen molar-refractivity contribution in [1.29, 1.82) is 0 Å². The van der Waals surface area contributed by atoms with Crippen molar-refractivity contribution in [2.45, 2.75) is 25.7 Å². The van der Waals surface area contributed by atoms with E-state index in [1.54, 1.807) is 0 Å². The van der Waals surface area contributed by atoms with Crippen LogP contribution in [0.15, 0.2) is 12.1 Å². The van der Waals surface area contributed by atoms with Gasteiger partial charge in [0.15, 0.2) is 0 Å². The summed E-state index contributed by atoms with van der Waals surface area (Å²) in [7, 11) is 1.43. The first-order chi connectivity index (χ1) is 9.11. The monoisotopic (exact) mass is 268 g/mol. The Kier molecular flexibility index (Phi) is 4.35. The molecule has 2 N–H and O–H groups in total. The molecular weight excluding hydrogens is 250 g/mol. The third-order valence-corrected chi connectivity index (χ3v) is 3.58. The fourth-order valence-corrected chi connectivity index (χ4v) is 2.50. The highest BCUT2D eigenvalue weighted by molar-refractivity contribution is 5.94. The van der Waals surface area contributed by atoms with E-state index in [0.717, 1.165) is 25.0 Å². The Bertz CT molecular complexity index is 448. The van der Waals surface area contributed by atoms with Crippen LogP contribution >= 0.6 is 0 Å². The van der Waals surface area contributed by atoms with Gasteiger partial charge in [-0.15, -0.1) is 0 Å². The molecule has 1 saturated carbocycles. The van der Waals surface area contributed by atoms with Crippen LogP contribution in [0.4, 0.5) is 14.5 Å². The molecule has 1 amide bonds. The Morgan fingerprint density at radius 2 is 1.84 bits per heavy atom. The first-order valence-electron chi connectivity index (χ1n) is 6.57. The van der Waals surface area contributed by atoms with Gasteiger partial charge in [-0.05, 0) is 30.9 Å². The lowest BCUT2D eigenvalue weighted by Crippen LogP contribution is -2.28. The second-order valence-corrected chi connectivity index (χ2v) is 4.93. The molecule has 0 aliphatic heterocycles. The first kappa shape index (κ1) is 13.8. The molecule has 0 bridgehead atoms. The maximum Gasteiger partial charge on any atom is 0.251 e. The number of carbonyl (C=O) groups is 1. The van der Waals surface area contributed by atoms with Crippen molar-refractivity contribution in [3.8, 4) is 0 Å². The fourth-order valence-electron chi connectivity index (χ4n) is 2.50.